The third-order valence-electron chi connectivity index (χ3n) is 4.20. The van der Waals surface area contributed by atoms with Crippen LogP contribution in [0.25, 0.3) is 0 Å². The van der Waals surface area contributed by atoms with Crippen molar-refractivity contribution < 1.29 is 0 Å². The number of nitrogens with two attached hydrogens (primary N) is 1. The molecule has 118 valence electrons. The Balaban J connectivity index is 2.30. The van der Waals surface area contributed by atoms with E-state index in [9.17, 15) is 0 Å². The lowest BCUT2D eigenvalue weighted by Crippen LogP contribution is -2.28. The molecule has 0 saturated carbocycles. The second-order valence-electron chi connectivity index (χ2n) is 7.83. The molecule has 0 atom stereocenters. The fourth-order valence-electron chi connectivity index (χ4n) is 2.66. The number of hydrogen-bond donors (Lipinski definition) is 2. The number of rotatable bonds is 2. The molecule has 1 fully saturated rings. The molecule has 1 aliphatic rings. The van der Waals surface area contributed by atoms with E-state index in [1.807, 2.05) is 6.07 Å². The Morgan fingerprint density at radius 2 is 1.90 bits per heavy atom. The summed E-state index contributed by atoms with van der Waals surface area (Å²) in [4.78, 5) is 11.6. The first-order valence-corrected chi connectivity index (χ1v) is 7.82. The van der Waals surface area contributed by atoms with Gasteiger partial charge in [-0.25, -0.2) is 15.8 Å². The molecule has 1 aromatic rings. The third kappa shape index (κ3) is 4.06. The van der Waals surface area contributed by atoms with Crippen LogP contribution in [0.3, 0.4) is 0 Å². The molecule has 3 N–H and O–H groups in total. The lowest BCUT2D eigenvalue weighted by atomic mass is 9.85. The van der Waals surface area contributed by atoms with E-state index in [0.29, 0.717) is 11.2 Å². The van der Waals surface area contributed by atoms with Gasteiger partial charge in [0.05, 0.1) is 0 Å². The molecule has 0 unspecified atom stereocenters. The number of hydrogen-bond acceptors (Lipinski definition) is 5. The summed E-state index contributed by atoms with van der Waals surface area (Å²) in [6.07, 6.45) is 3.66. The van der Waals surface area contributed by atoms with Crippen molar-refractivity contribution in [3.63, 3.8) is 0 Å². The van der Waals surface area contributed by atoms with Gasteiger partial charge in [0.25, 0.3) is 0 Å². The Morgan fingerprint density at radius 3 is 2.52 bits per heavy atom. The summed E-state index contributed by atoms with van der Waals surface area (Å²) in [6, 6.07) is 1.95. The lowest BCUT2D eigenvalue weighted by molar-refractivity contribution is 0.325. The van der Waals surface area contributed by atoms with Crippen molar-refractivity contribution in [1.29, 1.82) is 0 Å². The quantitative estimate of drug-likeness (QED) is 0.647. The zero-order valence-electron chi connectivity index (χ0n) is 14.0. The van der Waals surface area contributed by atoms with Crippen LogP contribution in [0.5, 0.6) is 0 Å². The van der Waals surface area contributed by atoms with Crippen molar-refractivity contribution in [3.05, 3.63) is 11.9 Å². The Bertz CT molecular complexity index is 490. The fraction of sp³-hybridized carbons (Fsp3) is 0.750. The minimum absolute atomic E-state index is 0.0905. The van der Waals surface area contributed by atoms with Gasteiger partial charge in [0, 0.05) is 24.6 Å². The topological polar surface area (TPSA) is 67.1 Å². The van der Waals surface area contributed by atoms with Gasteiger partial charge < -0.3 is 10.3 Å². The summed E-state index contributed by atoms with van der Waals surface area (Å²) in [7, 11) is 0. The van der Waals surface area contributed by atoms with Crippen LogP contribution >= 0.6 is 0 Å². The second-order valence-corrected chi connectivity index (χ2v) is 7.83. The Kier molecular flexibility index (Phi) is 4.42. The highest BCUT2D eigenvalue weighted by atomic mass is 15.3. The molecule has 5 heteroatoms. The number of aromatic nitrogens is 2. The average molecular weight is 291 g/mol. The van der Waals surface area contributed by atoms with E-state index in [4.69, 9.17) is 10.8 Å². The molecule has 5 nitrogen and oxygen atoms in total. The molecule has 0 amide bonds. The minimum atomic E-state index is -0.0905. The van der Waals surface area contributed by atoms with Crippen molar-refractivity contribution in [2.45, 2.75) is 59.3 Å². The molecule has 21 heavy (non-hydrogen) atoms. The predicted molar refractivity (Wildman–Crippen MR) is 88.4 cm³/mol. The van der Waals surface area contributed by atoms with E-state index in [1.54, 1.807) is 0 Å². The van der Waals surface area contributed by atoms with Crippen LogP contribution < -0.4 is 16.2 Å². The maximum Gasteiger partial charge on any atom is 0.145 e. The minimum Gasteiger partial charge on any atom is -0.356 e. The van der Waals surface area contributed by atoms with Crippen LogP contribution in [0, 0.1) is 5.41 Å². The zero-order valence-corrected chi connectivity index (χ0v) is 14.0. The first-order valence-electron chi connectivity index (χ1n) is 7.82. The molecule has 0 spiro atoms. The van der Waals surface area contributed by atoms with Gasteiger partial charge in [-0.2, -0.15) is 0 Å². The maximum atomic E-state index is 5.58. The summed E-state index contributed by atoms with van der Waals surface area (Å²) in [5.74, 6) is 8.08. The monoisotopic (exact) mass is 291 g/mol. The van der Waals surface area contributed by atoms with Crippen molar-refractivity contribution in [1.82, 2.24) is 9.97 Å². The van der Waals surface area contributed by atoms with Gasteiger partial charge in [-0.3, -0.25) is 0 Å². The number of anilines is 2. The fourth-order valence-corrected chi connectivity index (χ4v) is 2.66. The Labute approximate surface area is 128 Å². The normalized spacial score (nSPS) is 19.2. The number of nitrogens with one attached hydrogen (secondary N) is 1. The van der Waals surface area contributed by atoms with Crippen LogP contribution in [0.1, 0.15) is 59.7 Å². The van der Waals surface area contributed by atoms with Crippen LogP contribution in [0.4, 0.5) is 11.6 Å². The average Bonchev–Trinajstić information content (AvgIpc) is 2.58. The summed E-state index contributed by atoms with van der Waals surface area (Å²) in [5.41, 5.74) is 3.00. The molecular formula is C16H29N5. The van der Waals surface area contributed by atoms with E-state index in [0.717, 1.165) is 24.7 Å². The summed E-state index contributed by atoms with van der Waals surface area (Å²) >= 11 is 0. The molecule has 1 aromatic heterocycles. The van der Waals surface area contributed by atoms with Gasteiger partial charge in [-0.15, -0.1) is 0 Å². The SMILES string of the molecule is CC1(C)CCCN(c2cc(NN)nc(C(C)(C)C)n2)CC1. The smallest absolute Gasteiger partial charge is 0.145 e. The van der Waals surface area contributed by atoms with Crippen molar-refractivity contribution in [2.24, 2.45) is 11.3 Å². The largest absolute Gasteiger partial charge is 0.356 e. The highest BCUT2D eigenvalue weighted by molar-refractivity contribution is 5.49. The van der Waals surface area contributed by atoms with Crippen molar-refractivity contribution >= 4 is 11.6 Å². The first kappa shape index (κ1) is 16.0. The Hall–Kier alpha value is -1.36. The third-order valence-corrected chi connectivity index (χ3v) is 4.20. The van der Waals surface area contributed by atoms with E-state index < -0.39 is 0 Å². The summed E-state index contributed by atoms with van der Waals surface area (Å²) in [5, 5.41) is 0. The maximum absolute atomic E-state index is 5.58. The van der Waals surface area contributed by atoms with E-state index in [-0.39, 0.29) is 5.41 Å². The van der Waals surface area contributed by atoms with Gasteiger partial charge in [-0.1, -0.05) is 34.6 Å². The van der Waals surface area contributed by atoms with Gasteiger partial charge in [0.1, 0.15) is 17.5 Å². The second kappa shape index (κ2) is 5.79. The molecule has 0 bridgehead atoms. The predicted octanol–water partition coefficient (Wildman–Crippen LogP) is 3.08. The van der Waals surface area contributed by atoms with Gasteiger partial charge in [0.2, 0.25) is 0 Å². The number of nitrogen functional groups attached to an aromatic ring is 1. The van der Waals surface area contributed by atoms with Crippen molar-refractivity contribution in [2.75, 3.05) is 23.4 Å². The van der Waals surface area contributed by atoms with Gasteiger partial charge in [0.15, 0.2) is 0 Å². The van der Waals surface area contributed by atoms with Crippen LogP contribution in [0.15, 0.2) is 6.07 Å². The van der Waals surface area contributed by atoms with E-state index >= 15 is 0 Å². The lowest BCUT2D eigenvalue weighted by Gasteiger charge is -2.26. The van der Waals surface area contributed by atoms with Crippen molar-refractivity contribution in [3.8, 4) is 0 Å². The number of nitrogens with zero attached hydrogens (tertiary/aromatic N) is 3. The standard InChI is InChI=1S/C16H29N5/c1-15(2,3)14-18-12(20-17)11-13(19-14)21-9-6-7-16(4,5)8-10-21/h11H,6-10,17H2,1-5H3,(H,18,19,20). The number of hydrazine groups is 1. The highest BCUT2D eigenvalue weighted by Crippen LogP contribution is 2.32. The molecule has 2 rings (SSSR count). The highest BCUT2D eigenvalue weighted by Gasteiger charge is 2.25. The van der Waals surface area contributed by atoms with E-state index in [1.165, 1.54) is 19.3 Å². The molecule has 0 aliphatic carbocycles. The molecule has 0 radical (unpaired) electrons. The Morgan fingerprint density at radius 1 is 1.19 bits per heavy atom. The molecule has 1 saturated heterocycles. The van der Waals surface area contributed by atoms with Crippen LogP contribution in [0.2, 0.25) is 0 Å². The summed E-state index contributed by atoms with van der Waals surface area (Å²) in [6.45, 7) is 13.2. The molecule has 1 aliphatic heterocycles. The zero-order chi connectivity index (χ0) is 15.7. The van der Waals surface area contributed by atoms with Gasteiger partial charge in [-0.05, 0) is 24.7 Å². The molecule has 2 heterocycles. The van der Waals surface area contributed by atoms with Crippen LogP contribution in [-0.2, 0) is 5.41 Å². The van der Waals surface area contributed by atoms with Gasteiger partial charge >= 0.3 is 0 Å². The summed E-state index contributed by atoms with van der Waals surface area (Å²) < 4.78 is 0. The molecule has 0 aromatic carbocycles. The van der Waals surface area contributed by atoms with E-state index in [2.05, 4.69) is 49.9 Å². The first-order chi connectivity index (χ1) is 9.71. The molecular weight excluding hydrogens is 262 g/mol. The van der Waals surface area contributed by atoms with Crippen LogP contribution in [-0.4, -0.2) is 23.1 Å².